The van der Waals surface area contributed by atoms with Gasteiger partial charge in [-0.2, -0.15) is 0 Å². The number of fused-ring (bicyclic) bond motifs is 3. The molecule has 4 heterocycles. The van der Waals surface area contributed by atoms with Crippen LogP contribution in [0.25, 0.3) is 16.3 Å². The number of aromatic nitrogens is 1. The molecule has 0 unspecified atom stereocenters. The minimum Gasteiger partial charge on any atom is -0.468 e. The highest BCUT2D eigenvalue weighted by Gasteiger charge is 2.41. The second-order valence-corrected chi connectivity index (χ2v) is 9.16. The van der Waals surface area contributed by atoms with Crippen LogP contribution in [-0.2, 0) is 6.54 Å². The molecule has 2 aliphatic rings. The molecule has 0 radical (unpaired) electrons. The van der Waals surface area contributed by atoms with Gasteiger partial charge in [-0.05, 0) is 71.0 Å². The van der Waals surface area contributed by atoms with E-state index >= 15 is 0 Å². The number of furan rings is 1. The van der Waals surface area contributed by atoms with Gasteiger partial charge < -0.3 is 9.73 Å². The van der Waals surface area contributed by atoms with Gasteiger partial charge in [0.15, 0.2) is 0 Å². The number of pyridine rings is 1. The molecule has 1 amide bonds. The zero-order chi connectivity index (χ0) is 22.9. The molecule has 1 fully saturated rings. The van der Waals surface area contributed by atoms with Gasteiger partial charge in [-0.25, -0.2) is 0 Å². The summed E-state index contributed by atoms with van der Waals surface area (Å²) in [6.45, 7) is 1.32. The topological polar surface area (TPSA) is 58.4 Å². The summed E-state index contributed by atoms with van der Waals surface area (Å²) in [5.74, 6) is 0.903. The molecular weight excluding hydrogens is 422 g/mol. The van der Waals surface area contributed by atoms with E-state index < -0.39 is 0 Å². The Hall–Kier alpha value is -3.70. The second-order valence-electron chi connectivity index (χ2n) is 9.16. The predicted octanol–water partition coefficient (Wildman–Crippen LogP) is 5.45. The van der Waals surface area contributed by atoms with Crippen LogP contribution in [0.5, 0.6) is 0 Å². The number of hydrogen-bond donors (Lipinski definition) is 1. The zero-order valence-electron chi connectivity index (χ0n) is 19.0. The average Bonchev–Trinajstić information content (AvgIpc) is 3.50. The highest BCUT2D eigenvalue weighted by atomic mass is 16.3. The Morgan fingerprint density at radius 2 is 1.94 bits per heavy atom. The van der Waals surface area contributed by atoms with E-state index in [0.29, 0.717) is 18.2 Å². The molecule has 0 spiro atoms. The quantitative estimate of drug-likeness (QED) is 0.425. The predicted molar refractivity (Wildman–Crippen MR) is 133 cm³/mol. The van der Waals surface area contributed by atoms with Gasteiger partial charge in [0.1, 0.15) is 5.76 Å². The first-order valence-electron chi connectivity index (χ1n) is 11.9. The van der Waals surface area contributed by atoms with E-state index in [0.717, 1.165) is 31.6 Å². The number of carbonyl (C=O) groups is 1. The van der Waals surface area contributed by atoms with Crippen molar-refractivity contribution in [3.05, 3.63) is 108 Å². The lowest BCUT2D eigenvalue weighted by atomic mass is 9.86. The van der Waals surface area contributed by atoms with Gasteiger partial charge in [0.25, 0.3) is 5.91 Å². The Morgan fingerprint density at radius 1 is 1.03 bits per heavy atom. The molecule has 0 aliphatic carbocycles. The highest BCUT2D eigenvalue weighted by Crippen LogP contribution is 2.44. The van der Waals surface area contributed by atoms with Gasteiger partial charge in [-0.3, -0.25) is 14.7 Å². The minimum atomic E-state index is -0.0874. The molecule has 1 N–H and O–H groups in total. The van der Waals surface area contributed by atoms with Crippen molar-refractivity contribution in [2.24, 2.45) is 0 Å². The van der Waals surface area contributed by atoms with Crippen molar-refractivity contribution >= 4 is 22.3 Å². The van der Waals surface area contributed by atoms with Crippen LogP contribution in [0, 0.1) is 0 Å². The molecule has 6 rings (SSSR count). The Bertz CT molecular complexity index is 1340. The van der Waals surface area contributed by atoms with Crippen molar-refractivity contribution in [3.63, 3.8) is 0 Å². The molecule has 2 bridgehead atoms. The van der Waals surface area contributed by atoms with Gasteiger partial charge >= 0.3 is 0 Å². The summed E-state index contributed by atoms with van der Waals surface area (Å²) in [6, 6.07) is 23.5. The van der Waals surface area contributed by atoms with E-state index in [2.05, 4.69) is 57.7 Å². The van der Waals surface area contributed by atoms with Crippen LogP contribution in [0.15, 0.2) is 95.4 Å². The molecule has 4 aromatic rings. The monoisotopic (exact) mass is 449 g/mol. The van der Waals surface area contributed by atoms with Gasteiger partial charge in [0, 0.05) is 31.0 Å². The van der Waals surface area contributed by atoms with Gasteiger partial charge in [0.05, 0.1) is 18.4 Å². The Kier molecular flexibility index (Phi) is 5.47. The third-order valence-corrected chi connectivity index (χ3v) is 7.27. The minimum absolute atomic E-state index is 0.0874. The molecule has 34 heavy (non-hydrogen) atoms. The number of benzene rings is 2. The largest absolute Gasteiger partial charge is 0.468 e. The van der Waals surface area contributed by atoms with Gasteiger partial charge in [0.2, 0.25) is 0 Å². The van der Waals surface area contributed by atoms with E-state index in [1.807, 2.05) is 12.1 Å². The summed E-state index contributed by atoms with van der Waals surface area (Å²) < 4.78 is 5.69. The number of nitrogens with zero attached hydrogens (tertiary/aromatic N) is 2. The van der Waals surface area contributed by atoms with E-state index in [1.165, 1.54) is 27.5 Å². The van der Waals surface area contributed by atoms with Crippen LogP contribution in [0.3, 0.4) is 0 Å². The summed E-state index contributed by atoms with van der Waals surface area (Å²) in [5, 5.41) is 5.71. The zero-order valence-corrected chi connectivity index (χ0v) is 19.0. The van der Waals surface area contributed by atoms with Crippen molar-refractivity contribution in [2.45, 2.75) is 37.9 Å². The molecule has 2 aliphatic heterocycles. The Balaban J connectivity index is 1.39. The van der Waals surface area contributed by atoms with Crippen molar-refractivity contribution in [1.29, 1.82) is 0 Å². The summed E-state index contributed by atoms with van der Waals surface area (Å²) in [5.41, 5.74) is 4.57. The van der Waals surface area contributed by atoms with Crippen LogP contribution in [-0.4, -0.2) is 34.4 Å². The fourth-order valence-electron chi connectivity index (χ4n) is 5.69. The summed E-state index contributed by atoms with van der Waals surface area (Å²) in [6.07, 6.45) is 8.27. The second kappa shape index (κ2) is 8.92. The number of hydrogen-bond acceptors (Lipinski definition) is 4. The third kappa shape index (κ3) is 3.82. The molecule has 2 aromatic carbocycles. The smallest absolute Gasteiger partial charge is 0.253 e. The lowest BCUT2D eigenvalue weighted by Crippen LogP contribution is -2.43. The molecule has 170 valence electrons. The first kappa shape index (κ1) is 20.9. The van der Waals surface area contributed by atoms with E-state index in [9.17, 15) is 4.79 Å². The van der Waals surface area contributed by atoms with E-state index in [1.54, 1.807) is 30.8 Å². The fraction of sp³-hybridized carbons (Fsp3) is 0.241. The first-order chi connectivity index (χ1) is 16.8. The third-order valence-electron chi connectivity index (χ3n) is 7.27. The van der Waals surface area contributed by atoms with Crippen LogP contribution in [0.2, 0.25) is 0 Å². The molecule has 0 saturated carbocycles. The molecule has 2 atom stereocenters. The number of rotatable bonds is 6. The van der Waals surface area contributed by atoms with E-state index in [4.69, 9.17) is 4.42 Å². The Labute approximate surface area is 199 Å². The van der Waals surface area contributed by atoms with Crippen LogP contribution in [0.1, 0.15) is 40.9 Å². The van der Waals surface area contributed by atoms with Crippen LogP contribution in [0.4, 0.5) is 0 Å². The SMILES string of the molecule is O=C(NCC1=C(c2cccc3ccccc23)C[C@@H]2CC[C@H]1N2Cc1ccco1)c1cccnc1. The van der Waals surface area contributed by atoms with Crippen LogP contribution >= 0.6 is 0 Å². The van der Waals surface area contributed by atoms with Crippen molar-refractivity contribution < 1.29 is 9.21 Å². The molecule has 5 nitrogen and oxygen atoms in total. The first-order valence-corrected chi connectivity index (χ1v) is 11.9. The van der Waals surface area contributed by atoms with E-state index in [-0.39, 0.29) is 11.9 Å². The van der Waals surface area contributed by atoms with Crippen molar-refractivity contribution in [1.82, 2.24) is 15.2 Å². The maximum atomic E-state index is 12.9. The lowest BCUT2D eigenvalue weighted by Gasteiger charge is -2.38. The van der Waals surface area contributed by atoms with Crippen molar-refractivity contribution in [3.8, 4) is 0 Å². The fourth-order valence-corrected chi connectivity index (χ4v) is 5.69. The lowest BCUT2D eigenvalue weighted by molar-refractivity contribution is 0.0953. The molecule has 5 heteroatoms. The standard InChI is InChI=1S/C29H27N3O2/c33-29(21-8-4-14-30-17-21)31-18-27-26(25-11-3-7-20-6-1-2-10-24(20)25)16-22-12-13-28(27)32(22)19-23-9-5-15-34-23/h1-11,14-15,17,22,28H,12-13,16,18-19H2,(H,31,33)/t22-,28+/m0/s1. The van der Waals surface area contributed by atoms with Crippen molar-refractivity contribution in [2.75, 3.05) is 6.54 Å². The highest BCUT2D eigenvalue weighted by molar-refractivity contribution is 5.96. The molecule has 2 aromatic heterocycles. The summed E-state index contributed by atoms with van der Waals surface area (Å²) >= 11 is 0. The Morgan fingerprint density at radius 3 is 2.79 bits per heavy atom. The summed E-state index contributed by atoms with van der Waals surface area (Å²) in [7, 11) is 0. The average molecular weight is 450 g/mol. The number of nitrogens with one attached hydrogen (secondary N) is 1. The maximum absolute atomic E-state index is 12.9. The molecule has 1 saturated heterocycles. The summed E-state index contributed by atoms with van der Waals surface area (Å²) in [4.78, 5) is 19.5. The number of amides is 1. The van der Waals surface area contributed by atoms with Crippen LogP contribution < -0.4 is 5.32 Å². The van der Waals surface area contributed by atoms with Gasteiger partial charge in [-0.1, -0.05) is 42.5 Å². The normalized spacial score (nSPS) is 20.1. The van der Waals surface area contributed by atoms with Gasteiger partial charge in [-0.15, -0.1) is 0 Å². The molecular formula is C29H27N3O2. The maximum Gasteiger partial charge on any atom is 0.253 e. The number of carbonyl (C=O) groups excluding carboxylic acids is 1.